The van der Waals surface area contributed by atoms with E-state index in [4.69, 9.17) is 44.3 Å². The second-order valence-electron chi connectivity index (χ2n) is 7.21. The zero-order valence-electron chi connectivity index (χ0n) is 17.4. The molecule has 0 radical (unpaired) electrons. The number of halogens is 3. The Morgan fingerprint density at radius 2 is 1.72 bits per heavy atom. The van der Waals surface area contributed by atoms with Gasteiger partial charge in [-0.25, -0.2) is 4.98 Å². The highest BCUT2D eigenvalue weighted by Crippen LogP contribution is 2.35. The second kappa shape index (κ2) is 10.5. The summed E-state index contributed by atoms with van der Waals surface area (Å²) in [6.07, 6.45) is 0.781. The molecule has 0 spiro atoms. The van der Waals surface area contributed by atoms with Gasteiger partial charge in [0.05, 0.1) is 18.1 Å². The predicted octanol–water partition coefficient (Wildman–Crippen LogP) is 6.44. The van der Waals surface area contributed by atoms with Crippen molar-refractivity contribution in [2.24, 2.45) is 0 Å². The monoisotopic (exact) mass is 489 g/mol. The molecule has 0 aliphatic rings. The van der Waals surface area contributed by atoms with Gasteiger partial charge in [0.25, 0.3) is 0 Å². The number of H-pyrrole nitrogens is 1. The lowest BCUT2D eigenvalue weighted by molar-refractivity contribution is 0.284. The van der Waals surface area contributed by atoms with Crippen LogP contribution in [-0.2, 0) is 19.6 Å². The van der Waals surface area contributed by atoms with Crippen molar-refractivity contribution in [3.63, 3.8) is 0 Å². The van der Waals surface area contributed by atoms with Gasteiger partial charge in [0.15, 0.2) is 11.5 Å². The van der Waals surface area contributed by atoms with Crippen LogP contribution in [0.4, 0.5) is 0 Å². The van der Waals surface area contributed by atoms with E-state index in [0.717, 1.165) is 35.4 Å². The van der Waals surface area contributed by atoms with Gasteiger partial charge in [-0.05, 0) is 35.9 Å². The van der Waals surface area contributed by atoms with Gasteiger partial charge in [-0.15, -0.1) is 0 Å². The van der Waals surface area contributed by atoms with Gasteiger partial charge >= 0.3 is 0 Å². The standard InChI is InChI=1S/C24H22Cl3N3O2/c1-31-22-11-15(13-28-10-9-24-29-20-7-2-3-8-21(20)30-24)19(27)12-23(22)32-14-16-17(25)5-4-6-18(16)26/h2-8,11-12,28H,9-10,13-14H2,1H3,(H,29,30). The van der Waals surface area contributed by atoms with Gasteiger partial charge in [-0.1, -0.05) is 53.0 Å². The van der Waals surface area contributed by atoms with E-state index in [1.54, 1.807) is 31.4 Å². The van der Waals surface area contributed by atoms with Crippen molar-refractivity contribution in [1.29, 1.82) is 0 Å². The molecule has 0 saturated carbocycles. The molecule has 3 aromatic carbocycles. The molecule has 0 aliphatic heterocycles. The number of methoxy groups -OCH3 is 1. The molecule has 1 heterocycles. The zero-order valence-corrected chi connectivity index (χ0v) is 19.7. The van der Waals surface area contributed by atoms with Crippen molar-refractivity contribution in [2.75, 3.05) is 13.7 Å². The van der Waals surface area contributed by atoms with Crippen LogP contribution in [0.3, 0.4) is 0 Å². The molecule has 8 heteroatoms. The number of para-hydroxylation sites is 2. The van der Waals surface area contributed by atoms with E-state index in [1.165, 1.54) is 0 Å². The molecule has 166 valence electrons. The summed E-state index contributed by atoms with van der Waals surface area (Å²) >= 11 is 19.0. The largest absolute Gasteiger partial charge is 0.493 e. The summed E-state index contributed by atoms with van der Waals surface area (Å²) in [5.41, 5.74) is 3.65. The highest BCUT2D eigenvalue weighted by molar-refractivity contribution is 6.36. The summed E-state index contributed by atoms with van der Waals surface area (Å²) in [6.45, 7) is 1.55. The Balaban J connectivity index is 1.37. The van der Waals surface area contributed by atoms with Crippen LogP contribution in [0, 0.1) is 0 Å². The number of ether oxygens (including phenoxy) is 2. The topological polar surface area (TPSA) is 59.2 Å². The number of nitrogens with zero attached hydrogens (tertiary/aromatic N) is 1. The highest BCUT2D eigenvalue weighted by atomic mass is 35.5. The van der Waals surface area contributed by atoms with Crippen LogP contribution in [0.25, 0.3) is 11.0 Å². The fourth-order valence-electron chi connectivity index (χ4n) is 3.36. The molecule has 5 nitrogen and oxygen atoms in total. The van der Waals surface area contributed by atoms with E-state index in [2.05, 4.69) is 15.3 Å². The van der Waals surface area contributed by atoms with Crippen molar-refractivity contribution in [3.8, 4) is 11.5 Å². The third-order valence-electron chi connectivity index (χ3n) is 5.06. The first kappa shape index (κ1) is 22.7. The van der Waals surface area contributed by atoms with Gasteiger partial charge in [-0.2, -0.15) is 0 Å². The average Bonchev–Trinajstić information content (AvgIpc) is 3.20. The molecule has 4 aromatic rings. The van der Waals surface area contributed by atoms with Crippen LogP contribution in [0.1, 0.15) is 17.0 Å². The van der Waals surface area contributed by atoms with E-state index in [0.29, 0.717) is 38.7 Å². The third kappa shape index (κ3) is 5.30. The van der Waals surface area contributed by atoms with Crippen molar-refractivity contribution in [1.82, 2.24) is 15.3 Å². The summed E-state index contributed by atoms with van der Waals surface area (Å²) in [4.78, 5) is 7.93. The smallest absolute Gasteiger partial charge is 0.163 e. The molecule has 32 heavy (non-hydrogen) atoms. The summed E-state index contributed by atoms with van der Waals surface area (Å²) in [5.74, 6) is 2.07. The maximum Gasteiger partial charge on any atom is 0.163 e. The molecular weight excluding hydrogens is 469 g/mol. The number of nitrogens with one attached hydrogen (secondary N) is 2. The van der Waals surface area contributed by atoms with Gasteiger partial charge in [-0.3, -0.25) is 0 Å². The van der Waals surface area contributed by atoms with E-state index < -0.39 is 0 Å². The fourth-order valence-corrected chi connectivity index (χ4v) is 4.09. The van der Waals surface area contributed by atoms with E-state index in [-0.39, 0.29) is 6.61 Å². The predicted molar refractivity (Wildman–Crippen MR) is 130 cm³/mol. The van der Waals surface area contributed by atoms with Crippen molar-refractivity contribution < 1.29 is 9.47 Å². The molecule has 0 atom stereocenters. The number of hydrogen-bond acceptors (Lipinski definition) is 4. The molecule has 0 fully saturated rings. The minimum atomic E-state index is 0.209. The molecular formula is C24H22Cl3N3O2. The van der Waals surface area contributed by atoms with E-state index in [1.807, 2.05) is 30.3 Å². The summed E-state index contributed by atoms with van der Waals surface area (Å²) in [5, 5.41) is 5.09. The molecule has 1 aromatic heterocycles. The molecule has 2 N–H and O–H groups in total. The first-order chi connectivity index (χ1) is 15.5. The molecule has 4 rings (SSSR count). The van der Waals surface area contributed by atoms with E-state index >= 15 is 0 Å². The van der Waals surface area contributed by atoms with Crippen LogP contribution in [-0.4, -0.2) is 23.6 Å². The van der Waals surface area contributed by atoms with Crippen LogP contribution in [0.5, 0.6) is 11.5 Å². The maximum atomic E-state index is 6.51. The molecule has 0 amide bonds. The van der Waals surface area contributed by atoms with Crippen molar-refractivity contribution in [2.45, 2.75) is 19.6 Å². The number of aromatic nitrogens is 2. The lowest BCUT2D eigenvalue weighted by Gasteiger charge is -2.15. The Morgan fingerprint density at radius 3 is 2.47 bits per heavy atom. The number of rotatable bonds is 9. The first-order valence-electron chi connectivity index (χ1n) is 10.1. The van der Waals surface area contributed by atoms with Gasteiger partial charge in [0, 0.05) is 46.2 Å². The summed E-state index contributed by atoms with van der Waals surface area (Å²) in [6, 6.07) is 17.0. The lowest BCUT2D eigenvalue weighted by Crippen LogP contribution is -2.17. The summed E-state index contributed by atoms with van der Waals surface area (Å²) in [7, 11) is 1.59. The second-order valence-corrected chi connectivity index (χ2v) is 8.43. The number of hydrogen-bond donors (Lipinski definition) is 2. The Morgan fingerprint density at radius 1 is 0.938 bits per heavy atom. The fraction of sp³-hybridized carbons (Fsp3) is 0.208. The van der Waals surface area contributed by atoms with Crippen LogP contribution in [0.15, 0.2) is 54.6 Å². The Bertz CT molecular complexity index is 1170. The SMILES string of the molecule is COc1cc(CNCCc2nc3ccccc3[nH]2)c(Cl)cc1OCc1c(Cl)cccc1Cl. The Kier molecular flexibility index (Phi) is 7.43. The first-order valence-corrected chi connectivity index (χ1v) is 11.2. The number of imidazole rings is 1. The third-order valence-corrected chi connectivity index (χ3v) is 6.12. The average molecular weight is 491 g/mol. The van der Waals surface area contributed by atoms with Crippen LogP contribution >= 0.6 is 34.8 Å². The van der Waals surface area contributed by atoms with Gasteiger partial charge in [0.2, 0.25) is 0 Å². The van der Waals surface area contributed by atoms with Crippen molar-refractivity contribution >= 4 is 45.8 Å². The minimum Gasteiger partial charge on any atom is -0.493 e. The van der Waals surface area contributed by atoms with Crippen LogP contribution in [0.2, 0.25) is 15.1 Å². The number of benzene rings is 3. The quantitative estimate of drug-likeness (QED) is 0.265. The Hall–Kier alpha value is -2.44. The molecule has 0 bridgehead atoms. The van der Waals surface area contributed by atoms with Crippen LogP contribution < -0.4 is 14.8 Å². The van der Waals surface area contributed by atoms with Gasteiger partial charge in [0.1, 0.15) is 12.4 Å². The minimum absolute atomic E-state index is 0.209. The molecule has 0 saturated heterocycles. The van der Waals surface area contributed by atoms with Crippen molar-refractivity contribution in [3.05, 3.63) is 86.6 Å². The highest BCUT2D eigenvalue weighted by Gasteiger charge is 2.13. The lowest BCUT2D eigenvalue weighted by atomic mass is 10.2. The number of aromatic amines is 1. The van der Waals surface area contributed by atoms with E-state index in [9.17, 15) is 0 Å². The normalized spacial score (nSPS) is 11.1. The molecule has 0 aliphatic carbocycles. The number of fused-ring (bicyclic) bond motifs is 1. The summed E-state index contributed by atoms with van der Waals surface area (Å²) < 4.78 is 11.4. The zero-order chi connectivity index (χ0) is 22.5. The Labute approximate surface area is 201 Å². The maximum absolute atomic E-state index is 6.51. The van der Waals surface area contributed by atoms with Gasteiger partial charge < -0.3 is 19.8 Å². The molecule has 0 unspecified atom stereocenters.